The van der Waals surface area contributed by atoms with Crippen LogP contribution in [-0.4, -0.2) is 19.6 Å². The van der Waals surface area contributed by atoms with E-state index in [1.807, 2.05) is 36.5 Å². The second-order valence-electron chi connectivity index (χ2n) is 14.5. The van der Waals surface area contributed by atoms with Crippen molar-refractivity contribution in [2.24, 2.45) is 0 Å². The first-order chi connectivity index (χ1) is 22.4. The number of pyridine rings is 1. The van der Waals surface area contributed by atoms with Crippen LogP contribution in [0.4, 0.5) is 0 Å². The smallest absolute Gasteiger partial charge is 0.148 e. The molecule has 2 heterocycles. The predicted molar refractivity (Wildman–Crippen MR) is 195 cm³/mol. The van der Waals surface area contributed by atoms with Gasteiger partial charge < -0.3 is 5.11 Å². The minimum absolute atomic E-state index is 0. The summed E-state index contributed by atoms with van der Waals surface area (Å²) in [6.07, 6.45) is 1.86. The van der Waals surface area contributed by atoms with Crippen molar-refractivity contribution in [1.29, 1.82) is 0 Å². The van der Waals surface area contributed by atoms with Gasteiger partial charge in [-0.25, -0.2) is 4.98 Å². The predicted octanol–water partition coefficient (Wildman–Crippen LogP) is 11.0. The summed E-state index contributed by atoms with van der Waals surface area (Å²) in [7, 11) is 0. The molecule has 0 aliphatic rings. The van der Waals surface area contributed by atoms with Crippen molar-refractivity contribution in [2.75, 3.05) is 0 Å². The molecule has 0 saturated heterocycles. The first-order valence-corrected chi connectivity index (χ1v) is 16.2. The summed E-state index contributed by atoms with van der Waals surface area (Å²) in [5, 5.41) is 12.4. The van der Waals surface area contributed by atoms with Crippen LogP contribution in [0.5, 0.6) is 5.75 Å². The standard InChI is InChI=1S/C43H40N3O.Pt/c1-27-18-20-34(28-13-11-14-29(23-28)35-26-32(43(5,6)7)24-30-15-12-22-44-38(30)35)39-40(27)46(33-16-9-8-10-17-33)41(45-39)36-25-31(42(2,3)4)19-21-37(36)47;/h8-22,24-26,47H,1-7H3;/q-1;. The largest absolute Gasteiger partial charge is 0.507 e. The van der Waals surface area contributed by atoms with Gasteiger partial charge in [-0.1, -0.05) is 107 Å². The molecular weight excluding hydrogens is 770 g/mol. The molecule has 5 heteroatoms. The summed E-state index contributed by atoms with van der Waals surface area (Å²) in [6, 6.07) is 39.2. The Labute approximate surface area is 297 Å². The van der Waals surface area contributed by atoms with E-state index in [1.165, 1.54) is 5.56 Å². The Morgan fingerprint density at radius 3 is 2.04 bits per heavy atom. The number of nitrogens with zero attached hydrogens (tertiary/aromatic N) is 3. The van der Waals surface area contributed by atoms with Crippen molar-refractivity contribution in [3.05, 3.63) is 132 Å². The summed E-state index contributed by atoms with van der Waals surface area (Å²) < 4.78 is 2.18. The maximum absolute atomic E-state index is 11.3. The maximum atomic E-state index is 11.3. The molecule has 0 unspecified atom stereocenters. The summed E-state index contributed by atoms with van der Waals surface area (Å²) in [6.45, 7) is 15.4. The molecule has 244 valence electrons. The molecule has 0 radical (unpaired) electrons. The monoisotopic (exact) mass is 809 g/mol. The minimum Gasteiger partial charge on any atom is -0.507 e. The first kappa shape index (κ1) is 33.4. The van der Waals surface area contributed by atoms with Crippen LogP contribution in [0.25, 0.3) is 61.3 Å². The Kier molecular flexibility index (Phi) is 8.68. The van der Waals surface area contributed by atoms with Crippen molar-refractivity contribution >= 4 is 21.9 Å². The summed E-state index contributed by atoms with van der Waals surface area (Å²) in [5.41, 5.74) is 11.9. The molecule has 0 aliphatic heterocycles. The fraction of sp³-hybridized carbons (Fsp3) is 0.209. The van der Waals surface area contributed by atoms with Crippen LogP contribution in [0.15, 0.2) is 109 Å². The van der Waals surface area contributed by atoms with Crippen LogP contribution in [0.3, 0.4) is 0 Å². The average molecular weight is 810 g/mol. The number of rotatable bonds is 4. The van der Waals surface area contributed by atoms with Gasteiger partial charge in [0.25, 0.3) is 0 Å². The molecule has 48 heavy (non-hydrogen) atoms. The van der Waals surface area contributed by atoms with Crippen molar-refractivity contribution in [3.63, 3.8) is 0 Å². The molecule has 0 saturated carbocycles. The van der Waals surface area contributed by atoms with E-state index < -0.39 is 0 Å². The zero-order valence-corrected chi connectivity index (χ0v) is 30.8. The Morgan fingerprint density at radius 2 is 1.33 bits per heavy atom. The third-order valence-corrected chi connectivity index (χ3v) is 9.07. The molecule has 0 spiro atoms. The molecule has 7 rings (SSSR count). The van der Waals surface area contributed by atoms with E-state index in [4.69, 9.17) is 9.97 Å². The number of benzene rings is 5. The number of aromatic nitrogens is 3. The molecule has 0 amide bonds. The summed E-state index contributed by atoms with van der Waals surface area (Å²) in [5.74, 6) is 0.908. The van der Waals surface area contributed by atoms with Gasteiger partial charge in [-0.05, 0) is 70.2 Å². The Bertz CT molecular complexity index is 2290. The van der Waals surface area contributed by atoms with Crippen molar-refractivity contribution in [1.82, 2.24) is 14.5 Å². The molecule has 0 atom stereocenters. The second kappa shape index (κ2) is 12.5. The number of aromatic hydroxyl groups is 1. The number of imidazole rings is 1. The van der Waals surface area contributed by atoms with E-state index in [9.17, 15) is 5.11 Å². The molecule has 0 aliphatic carbocycles. The zero-order chi connectivity index (χ0) is 33.1. The van der Waals surface area contributed by atoms with Crippen molar-refractivity contribution < 1.29 is 26.2 Å². The first-order valence-electron chi connectivity index (χ1n) is 16.2. The topological polar surface area (TPSA) is 50.9 Å². The van der Waals surface area contributed by atoms with Crippen molar-refractivity contribution in [2.45, 2.75) is 59.3 Å². The number of phenols is 1. The molecular formula is C43H40N3OPt-. The number of aryl methyl sites for hydroxylation is 1. The van der Waals surface area contributed by atoms with Crippen LogP contribution in [0, 0.1) is 13.0 Å². The SMILES string of the molecule is Cc1ccc(-c2[c-]c(-c3cc(C(C)(C)C)cc4cccnc34)ccc2)c2nc(-c3cc(C(C)(C)C)ccc3O)n(-c3ccccc3)c12.[Pt]. The van der Waals surface area contributed by atoms with E-state index in [1.54, 1.807) is 6.07 Å². The third-order valence-electron chi connectivity index (χ3n) is 9.07. The average Bonchev–Trinajstić information content (AvgIpc) is 3.45. The minimum atomic E-state index is -0.0914. The van der Waals surface area contributed by atoms with Gasteiger partial charge in [0.05, 0.1) is 16.6 Å². The molecule has 0 fully saturated rings. The molecule has 5 aromatic carbocycles. The van der Waals surface area contributed by atoms with E-state index >= 15 is 0 Å². The molecule has 0 bridgehead atoms. The summed E-state index contributed by atoms with van der Waals surface area (Å²) >= 11 is 0. The quantitative estimate of drug-likeness (QED) is 0.180. The van der Waals surface area contributed by atoms with Gasteiger partial charge in [0.1, 0.15) is 11.6 Å². The normalized spacial score (nSPS) is 12.0. The van der Waals surface area contributed by atoms with E-state index in [0.29, 0.717) is 11.4 Å². The van der Waals surface area contributed by atoms with Crippen LogP contribution in [0.1, 0.15) is 58.2 Å². The van der Waals surface area contributed by atoms with Gasteiger partial charge >= 0.3 is 0 Å². The van der Waals surface area contributed by atoms with Crippen molar-refractivity contribution in [3.8, 4) is 45.1 Å². The molecule has 4 nitrogen and oxygen atoms in total. The Morgan fingerprint density at radius 1 is 0.646 bits per heavy atom. The molecule has 2 aromatic heterocycles. The summed E-state index contributed by atoms with van der Waals surface area (Å²) in [4.78, 5) is 10.1. The second-order valence-corrected chi connectivity index (χ2v) is 14.5. The van der Waals surface area contributed by atoms with Gasteiger partial charge in [-0.2, -0.15) is 0 Å². The number of phenolic OH excluding ortho intramolecular Hbond substituents is 1. The van der Waals surface area contributed by atoms with Gasteiger partial charge in [-0.3, -0.25) is 9.55 Å². The van der Waals surface area contributed by atoms with Crippen LogP contribution < -0.4 is 0 Å². The van der Waals surface area contributed by atoms with Gasteiger partial charge in [0, 0.05) is 38.5 Å². The number of fused-ring (bicyclic) bond motifs is 2. The fourth-order valence-corrected chi connectivity index (χ4v) is 6.36. The van der Waals surface area contributed by atoms with E-state index in [2.05, 4.69) is 126 Å². The van der Waals surface area contributed by atoms with Crippen LogP contribution in [-0.2, 0) is 31.9 Å². The number of para-hydroxylation sites is 1. The van der Waals surface area contributed by atoms with E-state index in [0.717, 1.165) is 61.0 Å². The van der Waals surface area contributed by atoms with Gasteiger partial charge in [0.15, 0.2) is 0 Å². The Balaban J connectivity index is 0.00000401. The van der Waals surface area contributed by atoms with Gasteiger partial charge in [0.2, 0.25) is 0 Å². The van der Waals surface area contributed by atoms with Crippen LogP contribution in [0.2, 0.25) is 0 Å². The number of hydrogen-bond acceptors (Lipinski definition) is 3. The number of hydrogen-bond donors (Lipinski definition) is 1. The van der Waals surface area contributed by atoms with Gasteiger partial charge in [-0.15, -0.1) is 35.4 Å². The van der Waals surface area contributed by atoms with Crippen LogP contribution >= 0.6 is 0 Å². The molecule has 1 N–H and O–H groups in total. The zero-order valence-electron chi connectivity index (χ0n) is 28.5. The molecule has 7 aromatic rings. The fourth-order valence-electron chi connectivity index (χ4n) is 6.36. The maximum Gasteiger partial charge on any atom is 0.148 e. The third kappa shape index (κ3) is 5.99. The van der Waals surface area contributed by atoms with E-state index in [-0.39, 0.29) is 37.6 Å². The Hall–Kier alpha value is -4.53.